The maximum atomic E-state index is 13.1. The van der Waals surface area contributed by atoms with E-state index >= 15 is 0 Å². The lowest BCUT2D eigenvalue weighted by molar-refractivity contribution is -0.122. The highest BCUT2D eigenvalue weighted by Gasteiger charge is 2.22. The normalized spacial score (nSPS) is 14.3. The van der Waals surface area contributed by atoms with Gasteiger partial charge in [0.15, 0.2) is 0 Å². The lowest BCUT2D eigenvalue weighted by Crippen LogP contribution is -2.37. The molecule has 3 aromatic heterocycles. The minimum Gasteiger partial charge on any atom is -0.352 e. The molecule has 0 atom stereocenters. The highest BCUT2D eigenvalue weighted by atomic mass is 32.1. The number of fused-ring (bicyclic) bond motifs is 1. The predicted octanol–water partition coefficient (Wildman–Crippen LogP) is 3.85. The second kappa shape index (κ2) is 8.31. The number of benzene rings is 1. The second-order valence-electron chi connectivity index (χ2n) is 8.20. The summed E-state index contributed by atoms with van der Waals surface area (Å²) in [6.07, 6.45) is 5.71. The van der Waals surface area contributed by atoms with Crippen molar-refractivity contribution in [2.45, 2.75) is 52.1 Å². The number of rotatable bonds is 5. The van der Waals surface area contributed by atoms with Crippen LogP contribution in [0, 0.1) is 13.8 Å². The predicted molar refractivity (Wildman–Crippen MR) is 122 cm³/mol. The molecule has 1 fully saturated rings. The van der Waals surface area contributed by atoms with Crippen molar-refractivity contribution in [3.63, 3.8) is 0 Å². The summed E-state index contributed by atoms with van der Waals surface area (Å²) in [5, 5.41) is 7.62. The molecule has 0 bridgehead atoms. The van der Waals surface area contributed by atoms with Crippen molar-refractivity contribution in [1.82, 2.24) is 25.0 Å². The summed E-state index contributed by atoms with van der Waals surface area (Å²) < 4.78 is 6.89. The zero-order chi connectivity index (χ0) is 22.2. The number of aromatic nitrogens is 4. The minimum atomic E-state index is -0.241. The molecular formula is C23H23N5O3S. The minimum absolute atomic E-state index is 0.0408. The Morgan fingerprint density at radius 3 is 2.81 bits per heavy atom. The van der Waals surface area contributed by atoms with Gasteiger partial charge in [-0.1, -0.05) is 42.3 Å². The van der Waals surface area contributed by atoms with Gasteiger partial charge in [-0.05, 0) is 37.8 Å². The number of nitrogens with one attached hydrogen (secondary N) is 1. The molecule has 164 valence electrons. The number of amides is 1. The highest BCUT2D eigenvalue weighted by molar-refractivity contribution is 7.22. The second-order valence-corrected chi connectivity index (χ2v) is 9.20. The van der Waals surface area contributed by atoms with Crippen molar-refractivity contribution in [2.75, 3.05) is 0 Å². The van der Waals surface area contributed by atoms with Gasteiger partial charge in [-0.3, -0.25) is 14.2 Å². The third-order valence-corrected chi connectivity index (χ3v) is 7.15. The van der Waals surface area contributed by atoms with E-state index in [1.807, 2.05) is 38.1 Å². The maximum Gasteiger partial charge on any atom is 0.268 e. The monoisotopic (exact) mass is 449 g/mol. The molecular weight excluding hydrogens is 426 g/mol. The van der Waals surface area contributed by atoms with Gasteiger partial charge < -0.3 is 9.84 Å². The Balaban J connectivity index is 1.45. The molecule has 1 saturated carbocycles. The van der Waals surface area contributed by atoms with E-state index in [0.29, 0.717) is 26.8 Å². The van der Waals surface area contributed by atoms with E-state index in [0.717, 1.165) is 42.4 Å². The molecule has 5 rings (SSSR count). The number of carbonyl (C=O) groups is 1. The van der Waals surface area contributed by atoms with Crippen molar-refractivity contribution >= 4 is 27.5 Å². The van der Waals surface area contributed by atoms with E-state index in [9.17, 15) is 9.59 Å². The molecule has 8 nitrogen and oxygen atoms in total. The van der Waals surface area contributed by atoms with Crippen LogP contribution in [0.25, 0.3) is 32.4 Å². The van der Waals surface area contributed by atoms with E-state index in [1.165, 1.54) is 22.2 Å². The average molecular weight is 450 g/mol. The van der Waals surface area contributed by atoms with Crippen LogP contribution in [0.5, 0.6) is 0 Å². The van der Waals surface area contributed by atoms with Gasteiger partial charge in [-0.2, -0.15) is 4.98 Å². The Bertz CT molecular complexity index is 1360. The fraction of sp³-hybridized carbons (Fsp3) is 0.348. The van der Waals surface area contributed by atoms with Gasteiger partial charge in [-0.25, -0.2) is 4.98 Å². The van der Waals surface area contributed by atoms with E-state index in [2.05, 4.69) is 20.4 Å². The number of carbonyl (C=O) groups excluding carboxylic acids is 1. The molecule has 1 N–H and O–H groups in total. The summed E-state index contributed by atoms with van der Waals surface area (Å²) in [7, 11) is 0. The van der Waals surface area contributed by atoms with Crippen LogP contribution in [0.15, 0.2) is 39.9 Å². The fourth-order valence-electron chi connectivity index (χ4n) is 4.22. The first-order chi connectivity index (χ1) is 15.5. The van der Waals surface area contributed by atoms with Crippen molar-refractivity contribution in [3.05, 3.63) is 52.1 Å². The van der Waals surface area contributed by atoms with Crippen LogP contribution in [0.1, 0.15) is 36.8 Å². The first-order valence-corrected chi connectivity index (χ1v) is 11.5. The molecule has 0 aliphatic heterocycles. The topological polar surface area (TPSA) is 103 Å². The van der Waals surface area contributed by atoms with Crippen LogP contribution in [0.4, 0.5) is 0 Å². The van der Waals surface area contributed by atoms with Crippen LogP contribution in [-0.2, 0) is 11.3 Å². The van der Waals surface area contributed by atoms with E-state index < -0.39 is 0 Å². The zero-order valence-corrected chi connectivity index (χ0v) is 18.7. The Morgan fingerprint density at radius 2 is 2.03 bits per heavy atom. The van der Waals surface area contributed by atoms with Crippen molar-refractivity contribution in [1.29, 1.82) is 0 Å². The van der Waals surface area contributed by atoms with Gasteiger partial charge in [0, 0.05) is 11.6 Å². The Labute approximate surface area is 188 Å². The van der Waals surface area contributed by atoms with Crippen molar-refractivity contribution in [3.8, 4) is 22.2 Å². The maximum absolute atomic E-state index is 13.1. The number of hydrogen-bond acceptors (Lipinski definition) is 7. The molecule has 1 aromatic carbocycles. The van der Waals surface area contributed by atoms with Gasteiger partial charge in [0.25, 0.3) is 11.4 Å². The van der Waals surface area contributed by atoms with Crippen molar-refractivity contribution in [2.24, 2.45) is 0 Å². The summed E-state index contributed by atoms with van der Waals surface area (Å²) in [4.78, 5) is 35.8. The van der Waals surface area contributed by atoms with Gasteiger partial charge in [0.05, 0.1) is 16.6 Å². The Morgan fingerprint density at radius 1 is 1.25 bits per heavy atom. The highest BCUT2D eigenvalue weighted by Crippen LogP contribution is 2.35. The first kappa shape index (κ1) is 20.6. The fourth-order valence-corrected chi connectivity index (χ4v) is 5.28. The summed E-state index contributed by atoms with van der Waals surface area (Å²) in [6, 6.07) is 8.03. The number of aryl methyl sites for hydroxylation is 2. The Kier molecular flexibility index (Phi) is 5.34. The molecule has 0 radical (unpaired) electrons. The largest absolute Gasteiger partial charge is 0.352 e. The summed E-state index contributed by atoms with van der Waals surface area (Å²) >= 11 is 1.34. The molecule has 1 aliphatic rings. The third-order valence-electron chi connectivity index (χ3n) is 5.96. The van der Waals surface area contributed by atoms with Crippen LogP contribution in [0.3, 0.4) is 0 Å². The summed E-state index contributed by atoms with van der Waals surface area (Å²) in [5.74, 6) is 0.700. The number of thiophene rings is 1. The molecule has 32 heavy (non-hydrogen) atoms. The van der Waals surface area contributed by atoms with Crippen LogP contribution >= 0.6 is 11.3 Å². The third kappa shape index (κ3) is 3.73. The quantitative estimate of drug-likeness (QED) is 0.496. The van der Waals surface area contributed by atoms with Gasteiger partial charge in [0.1, 0.15) is 11.4 Å². The first-order valence-electron chi connectivity index (χ1n) is 10.7. The van der Waals surface area contributed by atoms with E-state index in [1.54, 1.807) is 0 Å². The standard InChI is InChI=1S/C23H23N5O3S/c1-13-7-3-6-10-16(13)20-26-21(31-27-20)19-14(2)18-22(32-19)24-12-28(23(18)30)11-17(29)25-15-8-4-5-9-15/h3,6-7,10,12,15H,4-5,8-9,11H2,1-2H3,(H,25,29). The van der Waals surface area contributed by atoms with Crippen molar-refractivity contribution < 1.29 is 9.32 Å². The van der Waals surface area contributed by atoms with E-state index in [4.69, 9.17) is 4.52 Å². The number of nitrogens with zero attached hydrogens (tertiary/aromatic N) is 4. The van der Waals surface area contributed by atoms with Gasteiger partial charge in [0.2, 0.25) is 11.7 Å². The van der Waals surface area contributed by atoms with Gasteiger partial charge >= 0.3 is 0 Å². The molecule has 4 aromatic rings. The molecule has 3 heterocycles. The smallest absolute Gasteiger partial charge is 0.268 e. The molecule has 0 saturated heterocycles. The number of hydrogen-bond donors (Lipinski definition) is 1. The lowest BCUT2D eigenvalue weighted by Gasteiger charge is -2.12. The SMILES string of the molecule is Cc1ccccc1-c1noc(-c2sc3ncn(CC(=O)NC4CCCC4)c(=O)c3c2C)n1. The van der Waals surface area contributed by atoms with E-state index in [-0.39, 0.29) is 24.1 Å². The summed E-state index contributed by atoms with van der Waals surface area (Å²) in [5.41, 5.74) is 2.44. The molecule has 1 aliphatic carbocycles. The van der Waals surface area contributed by atoms with Crippen LogP contribution in [0.2, 0.25) is 0 Å². The lowest BCUT2D eigenvalue weighted by atomic mass is 10.1. The van der Waals surface area contributed by atoms with Crippen LogP contribution < -0.4 is 10.9 Å². The molecule has 9 heteroatoms. The average Bonchev–Trinajstić information content (AvgIpc) is 3.51. The summed E-state index contributed by atoms with van der Waals surface area (Å²) in [6.45, 7) is 3.80. The molecule has 0 unspecified atom stereocenters. The zero-order valence-electron chi connectivity index (χ0n) is 17.9. The Hall–Kier alpha value is -3.33. The van der Waals surface area contributed by atoms with Crippen LogP contribution in [-0.4, -0.2) is 31.6 Å². The van der Waals surface area contributed by atoms with Gasteiger partial charge in [-0.15, -0.1) is 11.3 Å². The molecule has 0 spiro atoms. The molecule has 1 amide bonds.